The molecule has 212 valence electrons. The molecule has 0 atom stereocenters. The smallest absolute Gasteiger partial charge is 0.261 e. The highest BCUT2D eigenvalue weighted by Gasteiger charge is 2.32. The number of hydrogen-bond donors (Lipinski definition) is 0. The van der Waals surface area contributed by atoms with Crippen molar-refractivity contribution in [3.05, 3.63) is 47.5 Å². The molecule has 38 heavy (non-hydrogen) atoms. The molecule has 0 N–H and O–H groups in total. The Bertz CT molecular complexity index is 953. The van der Waals surface area contributed by atoms with Crippen molar-refractivity contribution < 1.29 is 31.1 Å². The number of amides is 2. The summed E-state index contributed by atoms with van der Waals surface area (Å²) >= 11 is 0. The largest absolute Gasteiger partial charge is 1.00 e. The molecule has 4 nitrogen and oxygen atoms in total. The van der Waals surface area contributed by atoms with Crippen molar-refractivity contribution in [2.75, 3.05) is 33.7 Å². The predicted octanol–water partition coefficient (Wildman–Crippen LogP) is 5.39. The zero-order valence-electron chi connectivity index (χ0n) is 24.3. The van der Waals surface area contributed by atoms with Crippen LogP contribution in [-0.4, -0.2) is 54.9 Å². The quantitative estimate of drug-likeness (QED) is 0.126. The maximum atomic E-state index is 13.1. The molecule has 0 saturated carbocycles. The Morgan fingerprint density at radius 1 is 0.605 bits per heavy atom. The molecule has 0 saturated heterocycles. The van der Waals surface area contributed by atoms with Crippen molar-refractivity contribution in [1.82, 2.24) is 4.90 Å². The standard InChI is InChI=1S/C33H51N2O2.BrH/c1-4-5-6-7-8-9-10-11-12-13-14-15-16-17-26-35(2,3)27-20-25-34-32(36)29-23-18-21-28-22-19-24-30(31(28)29)33(34)37;/h18-19,21-24H,4-17,20,25-27H2,1-3H3;1H/q+1;/p-1. The minimum absolute atomic E-state index is 0. The molecule has 0 bridgehead atoms. The molecule has 5 heteroatoms. The van der Waals surface area contributed by atoms with Crippen LogP contribution in [0, 0.1) is 0 Å². The molecule has 3 rings (SSSR count). The summed E-state index contributed by atoms with van der Waals surface area (Å²) in [5.41, 5.74) is 1.31. The zero-order valence-corrected chi connectivity index (χ0v) is 25.9. The lowest BCUT2D eigenvalue weighted by Gasteiger charge is -2.32. The molecule has 1 aliphatic heterocycles. The van der Waals surface area contributed by atoms with Crippen molar-refractivity contribution in [1.29, 1.82) is 0 Å². The first-order valence-electron chi connectivity index (χ1n) is 15.1. The zero-order chi connectivity index (χ0) is 26.5. The number of rotatable bonds is 19. The molecule has 2 amide bonds. The normalized spacial score (nSPS) is 13.3. The molecular formula is C33H51BrN2O2. The fourth-order valence-corrected chi connectivity index (χ4v) is 5.79. The van der Waals surface area contributed by atoms with Gasteiger partial charge in [0.1, 0.15) is 0 Å². The van der Waals surface area contributed by atoms with E-state index >= 15 is 0 Å². The van der Waals surface area contributed by atoms with E-state index in [1.165, 1.54) is 94.8 Å². The van der Waals surface area contributed by atoms with E-state index in [0.29, 0.717) is 17.7 Å². The average Bonchev–Trinajstić information content (AvgIpc) is 2.89. The van der Waals surface area contributed by atoms with Crippen LogP contribution in [0.4, 0.5) is 0 Å². The monoisotopic (exact) mass is 586 g/mol. The van der Waals surface area contributed by atoms with Gasteiger partial charge in [0.2, 0.25) is 0 Å². The number of unbranched alkanes of at least 4 members (excludes halogenated alkanes) is 13. The van der Waals surface area contributed by atoms with E-state index in [2.05, 4.69) is 21.0 Å². The van der Waals surface area contributed by atoms with Crippen LogP contribution in [0.1, 0.15) is 124 Å². The molecule has 0 aliphatic carbocycles. The van der Waals surface area contributed by atoms with Gasteiger partial charge in [-0.1, -0.05) is 108 Å². The van der Waals surface area contributed by atoms with E-state index in [-0.39, 0.29) is 28.8 Å². The summed E-state index contributed by atoms with van der Waals surface area (Å²) in [5.74, 6) is -0.293. The Hall–Kier alpha value is -1.72. The molecular weight excluding hydrogens is 536 g/mol. The highest BCUT2D eigenvalue weighted by atomic mass is 79.9. The lowest BCUT2D eigenvalue weighted by atomic mass is 9.94. The van der Waals surface area contributed by atoms with E-state index in [1.807, 2.05) is 36.4 Å². The summed E-state index contributed by atoms with van der Waals surface area (Å²) in [6.45, 7) is 4.90. The van der Waals surface area contributed by atoms with Crippen molar-refractivity contribution in [3.63, 3.8) is 0 Å². The minimum atomic E-state index is -0.147. The van der Waals surface area contributed by atoms with Crippen LogP contribution in [0.3, 0.4) is 0 Å². The SMILES string of the molecule is CCCCCCCCCCCCCCCC[N+](C)(C)CCCN1C(=O)c2cccc3cccc(c23)C1=O.[Br-]. The van der Waals surface area contributed by atoms with E-state index in [4.69, 9.17) is 0 Å². The van der Waals surface area contributed by atoms with Crippen LogP contribution in [-0.2, 0) is 0 Å². The van der Waals surface area contributed by atoms with Crippen LogP contribution in [0.25, 0.3) is 10.8 Å². The van der Waals surface area contributed by atoms with Gasteiger partial charge in [0.25, 0.3) is 11.8 Å². The second-order valence-corrected chi connectivity index (χ2v) is 11.8. The summed E-state index contributed by atoms with van der Waals surface area (Å²) in [5, 5.41) is 1.77. The second-order valence-electron chi connectivity index (χ2n) is 11.8. The van der Waals surface area contributed by atoms with Crippen LogP contribution in [0.15, 0.2) is 36.4 Å². The molecule has 0 unspecified atom stereocenters. The maximum Gasteiger partial charge on any atom is 0.261 e. The Balaban J connectivity index is 0.00000507. The number of quaternary nitrogens is 1. The van der Waals surface area contributed by atoms with E-state index < -0.39 is 0 Å². The van der Waals surface area contributed by atoms with Crippen LogP contribution in [0.2, 0.25) is 0 Å². The second kappa shape index (κ2) is 17.1. The third kappa shape index (κ3) is 9.79. The molecule has 2 aromatic carbocycles. The van der Waals surface area contributed by atoms with Gasteiger partial charge in [-0.2, -0.15) is 0 Å². The number of carbonyl (C=O) groups excluding carboxylic acids is 2. The van der Waals surface area contributed by atoms with Crippen molar-refractivity contribution >= 4 is 22.6 Å². The fraction of sp³-hybridized carbons (Fsp3) is 0.636. The third-order valence-corrected chi connectivity index (χ3v) is 8.12. The lowest BCUT2D eigenvalue weighted by molar-refractivity contribution is -0.890. The van der Waals surface area contributed by atoms with Crippen LogP contribution < -0.4 is 17.0 Å². The van der Waals surface area contributed by atoms with Crippen molar-refractivity contribution in [2.45, 2.75) is 103 Å². The third-order valence-electron chi connectivity index (χ3n) is 8.12. The number of halogens is 1. The molecule has 1 aliphatic rings. The summed E-state index contributed by atoms with van der Waals surface area (Å²) in [6, 6.07) is 11.5. The van der Waals surface area contributed by atoms with Gasteiger partial charge in [0.05, 0.1) is 27.2 Å². The van der Waals surface area contributed by atoms with Gasteiger partial charge in [-0.25, -0.2) is 0 Å². The summed E-state index contributed by atoms with van der Waals surface area (Å²) < 4.78 is 0.945. The van der Waals surface area contributed by atoms with Crippen molar-refractivity contribution in [3.8, 4) is 0 Å². The van der Waals surface area contributed by atoms with Gasteiger partial charge in [0.15, 0.2) is 0 Å². The molecule has 1 heterocycles. The Labute approximate surface area is 242 Å². The van der Waals surface area contributed by atoms with Gasteiger partial charge in [-0.05, 0) is 30.4 Å². The van der Waals surface area contributed by atoms with Gasteiger partial charge in [-0.15, -0.1) is 0 Å². The maximum absolute atomic E-state index is 13.1. The predicted molar refractivity (Wildman–Crippen MR) is 156 cm³/mol. The molecule has 0 fully saturated rings. The highest BCUT2D eigenvalue weighted by molar-refractivity contribution is 6.25. The Morgan fingerprint density at radius 2 is 1.03 bits per heavy atom. The van der Waals surface area contributed by atoms with E-state index in [9.17, 15) is 9.59 Å². The Kier molecular flexibility index (Phi) is 14.6. The summed E-state index contributed by atoms with van der Waals surface area (Å²) in [6.07, 6.45) is 20.2. The van der Waals surface area contributed by atoms with Gasteiger partial charge in [-0.3, -0.25) is 14.5 Å². The molecule has 2 aromatic rings. The van der Waals surface area contributed by atoms with Crippen LogP contribution >= 0.6 is 0 Å². The van der Waals surface area contributed by atoms with Crippen LogP contribution in [0.5, 0.6) is 0 Å². The van der Waals surface area contributed by atoms with Gasteiger partial charge < -0.3 is 21.5 Å². The first-order valence-corrected chi connectivity index (χ1v) is 15.1. The number of imide groups is 1. The first-order chi connectivity index (χ1) is 17.9. The first kappa shape index (κ1) is 32.5. The Morgan fingerprint density at radius 3 is 1.50 bits per heavy atom. The summed E-state index contributed by atoms with van der Waals surface area (Å²) in [7, 11) is 4.55. The number of benzene rings is 2. The minimum Gasteiger partial charge on any atom is -1.00 e. The molecule has 0 spiro atoms. The fourth-order valence-electron chi connectivity index (χ4n) is 5.79. The van der Waals surface area contributed by atoms with E-state index in [0.717, 1.165) is 34.8 Å². The highest BCUT2D eigenvalue weighted by Crippen LogP contribution is 2.30. The number of carbonyl (C=O) groups is 2. The number of hydrogen-bond acceptors (Lipinski definition) is 2. The topological polar surface area (TPSA) is 37.4 Å². The summed E-state index contributed by atoms with van der Waals surface area (Å²) in [4.78, 5) is 27.6. The van der Waals surface area contributed by atoms with Gasteiger partial charge in [0, 0.05) is 29.5 Å². The van der Waals surface area contributed by atoms with E-state index in [1.54, 1.807) is 0 Å². The lowest BCUT2D eigenvalue weighted by Crippen LogP contribution is -3.00. The molecule has 0 radical (unpaired) electrons. The van der Waals surface area contributed by atoms with Gasteiger partial charge >= 0.3 is 0 Å². The molecule has 0 aromatic heterocycles. The van der Waals surface area contributed by atoms with Crippen molar-refractivity contribution in [2.24, 2.45) is 0 Å². The average molecular weight is 588 g/mol. The number of nitrogens with zero attached hydrogens (tertiary/aromatic N) is 2.